The fourth-order valence-corrected chi connectivity index (χ4v) is 1.40. The minimum Gasteiger partial charge on any atom is -0.478 e. The van der Waals surface area contributed by atoms with Gasteiger partial charge in [-0.05, 0) is 32.0 Å². The summed E-state index contributed by atoms with van der Waals surface area (Å²) in [6.45, 7) is 2.74. The Morgan fingerprint density at radius 3 is 2.47 bits per heavy atom. The minimum absolute atomic E-state index is 0.0509. The minimum atomic E-state index is -1.16. The molecule has 0 spiro atoms. The first-order chi connectivity index (χ1) is 8.86. The molecular formula is C13H11ClN2O3. The molecule has 2 N–H and O–H groups in total. The first-order valence-electron chi connectivity index (χ1n) is 5.28. The number of carbonyl (C=O) groups excluding carboxylic acids is 1. The van der Waals surface area contributed by atoms with E-state index in [1.165, 1.54) is 32.0 Å². The van der Waals surface area contributed by atoms with Crippen LogP contribution in [0.5, 0.6) is 0 Å². The number of anilines is 1. The lowest BCUT2D eigenvalue weighted by Gasteiger charge is -2.08. The third-order valence-electron chi connectivity index (χ3n) is 2.57. The summed E-state index contributed by atoms with van der Waals surface area (Å²) >= 11 is 5.89. The molecule has 0 atom stereocenters. The molecule has 0 aliphatic carbocycles. The summed E-state index contributed by atoms with van der Waals surface area (Å²) in [7, 11) is 0. The summed E-state index contributed by atoms with van der Waals surface area (Å²) in [5.41, 5.74) is 0.635. The maximum Gasteiger partial charge on any atom is 0.331 e. The van der Waals surface area contributed by atoms with Crippen molar-refractivity contribution in [3.05, 3.63) is 39.9 Å². The Labute approximate surface area is 115 Å². The van der Waals surface area contributed by atoms with Crippen molar-refractivity contribution in [2.75, 3.05) is 5.32 Å². The lowest BCUT2D eigenvalue weighted by atomic mass is 10.1. The van der Waals surface area contributed by atoms with Crippen LogP contribution in [-0.2, 0) is 9.59 Å². The van der Waals surface area contributed by atoms with Crippen LogP contribution in [0.3, 0.4) is 0 Å². The molecule has 1 rings (SSSR count). The predicted octanol–water partition coefficient (Wildman–Crippen LogP) is 2.57. The van der Waals surface area contributed by atoms with E-state index in [-0.39, 0.29) is 21.9 Å². The van der Waals surface area contributed by atoms with E-state index in [2.05, 4.69) is 5.32 Å². The number of carboxylic acid groups (broad SMARTS) is 1. The molecule has 1 aromatic carbocycles. The fraction of sp³-hybridized carbons (Fsp3) is 0.154. The van der Waals surface area contributed by atoms with Crippen LogP contribution in [0.15, 0.2) is 29.3 Å². The van der Waals surface area contributed by atoms with Gasteiger partial charge in [-0.3, -0.25) is 4.79 Å². The number of hydrogen-bond acceptors (Lipinski definition) is 3. The average molecular weight is 279 g/mol. The van der Waals surface area contributed by atoms with Crippen LogP contribution in [0.2, 0.25) is 5.02 Å². The van der Waals surface area contributed by atoms with Crippen molar-refractivity contribution < 1.29 is 14.7 Å². The molecule has 6 heteroatoms. The maximum atomic E-state index is 11.8. The molecule has 0 aromatic heterocycles. The standard InChI is InChI=1S/C13H11ClN2O3/c1-7(8(2)13(18)19)12(17)16-11-5-9(6-15)3-4-10(11)14/h3-5H,1-2H3,(H,16,17)(H,18,19). The van der Waals surface area contributed by atoms with Crippen LogP contribution in [0.1, 0.15) is 19.4 Å². The van der Waals surface area contributed by atoms with Crippen LogP contribution in [-0.4, -0.2) is 17.0 Å². The van der Waals surface area contributed by atoms with E-state index in [0.717, 1.165) is 0 Å². The molecule has 5 nitrogen and oxygen atoms in total. The Kier molecular flexibility index (Phi) is 4.67. The number of nitriles is 1. The van der Waals surface area contributed by atoms with Crippen molar-refractivity contribution >= 4 is 29.2 Å². The number of benzene rings is 1. The number of rotatable bonds is 3. The SMILES string of the molecule is CC(C(=O)O)=C(C)C(=O)Nc1cc(C#N)ccc1Cl. The van der Waals surface area contributed by atoms with Gasteiger partial charge in [0.15, 0.2) is 0 Å². The monoisotopic (exact) mass is 278 g/mol. The van der Waals surface area contributed by atoms with Gasteiger partial charge >= 0.3 is 5.97 Å². The zero-order valence-corrected chi connectivity index (χ0v) is 11.1. The van der Waals surface area contributed by atoms with Crippen LogP contribution >= 0.6 is 11.6 Å². The van der Waals surface area contributed by atoms with Crippen molar-refractivity contribution in [1.29, 1.82) is 5.26 Å². The number of carboxylic acids is 1. The summed E-state index contributed by atoms with van der Waals surface area (Å²) in [5, 5.41) is 20.3. The van der Waals surface area contributed by atoms with Crippen LogP contribution in [0.4, 0.5) is 5.69 Å². The van der Waals surface area contributed by atoms with Crippen LogP contribution in [0.25, 0.3) is 0 Å². The van der Waals surface area contributed by atoms with Gasteiger partial charge in [-0.15, -0.1) is 0 Å². The largest absolute Gasteiger partial charge is 0.478 e. The number of aliphatic carboxylic acids is 1. The van der Waals surface area contributed by atoms with Gasteiger partial charge in [-0.1, -0.05) is 11.6 Å². The van der Waals surface area contributed by atoms with Gasteiger partial charge in [-0.2, -0.15) is 5.26 Å². The number of amides is 1. The van der Waals surface area contributed by atoms with E-state index in [9.17, 15) is 9.59 Å². The normalized spacial score (nSPS) is 11.3. The van der Waals surface area contributed by atoms with E-state index in [4.69, 9.17) is 22.0 Å². The summed E-state index contributed by atoms with van der Waals surface area (Å²) in [5.74, 6) is -1.73. The molecule has 0 heterocycles. The van der Waals surface area contributed by atoms with Crippen LogP contribution < -0.4 is 5.32 Å². The van der Waals surface area contributed by atoms with E-state index in [1.54, 1.807) is 0 Å². The molecule has 19 heavy (non-hydrogen) atoms. The van der Waals surface area contributed by atoms with E-state index in [1.807, 2.05) is 6.07 Å². The number of nitrogens with zero attached hydrogens (tertiary/aromatic N) is 1. The third kappa shape index (κ3) is 3.57. The van der Waals surface area contributed by atoms with Gasteiger partial charge in [-0.25, -0.2) is 4.79 Å². The second-order valence-electron chi connectivity index (χ2n) is 3.82. The highest BCUT2D eigenvalue weighted by Gasteiger charge is 2.14. The Hall–Kier alpha value is -2.32. The smallest absolute Gasteiger partial charge is 0.331 e. The summed E-state index contributed by atoms with van der Waals surface area (Å²) in [4.78, 5) is 22.6. The second kappa shape index (κ2) is 6.03. The van der Waals surface area contributed by atoms with E-state index < -0.39 is 11.9 Å². The molecule has 1 aromatic rings. The molecule has 0 radical (unpaired) electrons. The molecule has 0 fully saturated rings. The number of hydrogen-bond donors (Lipinski definition) is 2. The Balaban J connectivity index is 3.04. The van der Waals surface area contributed by atoms with Gasteiger partial charge in [0.05, 0.1) is 22.3 Å². The molecule has 0 aliphatic heterocycles. The average Bonchev–Trinajstić information content (AvgIpc) is 2.39. The number of nitrogens with one attached hydrogen (secondary N) is 1. The van der Waals surface area contributed by atoms with Crippen molar-refractivity contribution in [2.45, 2.75) is 13.8 Å². The van der Waals surface area contributed by atoms with Crippen molar-refractivity contribution in [1.82, 2.24) is 0 Å². The summed E-state index contributed by atoms with van der Waals surface area (Å²) < 4.78 is 0. The zero-order chi connectivity index (χ0) is 14.6. The number of carbonyl (C=O) groups is 2. The predicted molar refractivity (Wildman–Crippen MR) is 70.8 cm³/mol. The van der Waals surface area contributed by atoms with Gasteiger partial charge < -0.3 is 10.4 Å². The van der Waals surface area contributed by atoms with Gasteiger partial charge in [0.2, 0.25) is 0 Å². The first kappa shape index (κ1) is 14.7. The molecule has 0 aliphatic rings. The highest BCUT2D eigenvalue weighted by atomic mass is 35.5. The van der Waals surface area contributed by atoms with Crippen LogP contribution in [0, 0.1) is 11.3 Å². The topological polar surface area (TPSA) is 90.2 Å². The molecule has 0 saturated heterocycles. The lowest BCUT2D eigenvalue weighted by molar-refractivity contribution is -0.133. The Bertz CT molecular complexity index is 615. The molecular weight excluding hydrogens is 268 g/mol. The first-order valence-corrected chi connectivity index (χ1v) is 5.66. The summed E-state index contributed by atoms with van der Waals surface area (Å²) in [6.07, 6.45) is 0. The highest BCUT2D eigenvalue weighted by molar-refractivity contribution is 6.34. The summed E-state index contributed by atoms with van der Waals surface area (Å²) in [6, 6.07) is 6.34. The van der Waals surface area contributed by atoms with Crippen molar-refractivity contribution in [2.24, 2.45) is 0 Å². The molecule has 98 valence electrons. The zero-order valence-electron chi connectivity index (χ0n) is 10.3. The van der Waals surface area contributed by atoms with Gasteiger partial charge in [0.1, 0.15) is 0 Å². The molecule has 0 unspecified atom stereocenters. The van der Waals surface area contributed by atoms with Crippen molar-refractivity contribution in [3.8, 4) is 6.07 Å². The van der Waals surface area contributed by atoms with Crippen molar-refractivity contribution in [3.63, 3.8) is 0 Å². The second-order valence-corrected chi connectivity index (χ2v) is 4.22. The van der Waals surface area contributed by atoms with Gasteiger partial charge in [0, 0.05) is 11.1 Å². The lowest BCUT2D eigenvalue weighted by Crippen LogP contribution is -2.16. The molecule has 0 bridgehead atoms. The van der Waals surface area contributed by atoms with E-state index >= 15 is 0 Å². The highest BCUT2D eigenvalue weighted by Crippen LogP contribution is 2.23. The fourth-order valence-electron chi connectivity index (χ4n) is 1.24. The van der Waals surface area contributed by atoms with E-state index in [0.29, 0.717) is 5.56 Å². The Morgan fingerprint density at radius 1 is 1.32 bits per heavy atom. The quantitative estimate of drug-likeness (QED) is 0.832. The van der Waals surface area contributed by atoms with Gasteiger partial charge in [0.25, 0.3) is 5.91 Å². The number of halogens is 1. The molecule has 0 saturated carbocycles. The molecule has 1 amide bonds. The maximum absolute atomic E-state index is 11.8. The Morgan fingerprint density at radius 2 is 1.95 bits per heavy atom. The third-order valence-corrected chi connectivity index (χ3v) is 2.90.